The number of alkyl halides is 3. The van der Waals surface area contributed by atoms with Gasteiger partial charge in [0.25, 0.3) is 5.91 Å². The lowest BCUT2D eigenvalue weighted by Crippen LogP contribution is -2.40. The zero-order valence-electron chi connectivity index (χ0n) is 13.5. The maximum absolute atomic E-state index is 13.0. The fraction of sp³-hybridized carbons (Fsp3) is 0.267. The Kier molecular flexibility index (Phi) is 4.71. The number of halogens is 3. The zero-order valence-corrected chi connectivity index (χ0v) is 13.5. The van der Waals surface area contributed by atoms with Crippen LogP contribution < -0.4 is 5.32 Å². The van der Waals surface area contributed by atoms with E-state index in [0.717, 1.165) is 29.2 Å². The van der Waals surface area contributed by atoms with Gasteiger partial charge in [-0.25, -0.2) is 0 Å². The van der Waals surface area contributed by atoms with Gasteiger partial charge in [0.05, 0.1) is 22.1 Å². The molecule has 0 aliphatic rings. The summed E-state index contributed by atoms with van der Waals surface area (Å²) in [5.41, 5.74) is -3.66. The SMILES string of the molecule is CC(C)(C(=O)Nc1ccc(C#N)c(C(F)(F)F)c1)n1cc([N+](=O)[O-])cn1. The van der Waals surface area contributed by atoms with Crippen LogP contribution in [-0.2, 0) is 16.5 Å². The van der Waals surface area contributed by atoms with E-state index in [9.17, 15) is 28.1 Å². The van der Waals surface area contributed by atoms with Crippen molar-refractivity contribution in [3.63, 3.8) is 0 Å². The molecule has 8 nitrogen and oxygen atoms in total. The van der Waals surface area contributed by atoms with Crippen LogP contribution in [0.25, 0.3) is 0 Å². The molecule has 0 unspecified atom stereocenters. The largest absolute Gasteiger partial charge is 0.417 e. The van der Waals surface area contributed by atoms with Crippen molar-refractivity contribution in [3.8, 4) is 6.07 Å². The highest BCUT2D eigenvalue weighted by Crippen LogP contribution is 2.34. The molecule has 1 heterocycles. The van der Waals surface area contributed by atoms with Gasteiger partial charge in [-0.05, 0) is 32.0 Å². The van der Waals surface area contributed by atoms with E-state index in [1.165, 1.54) is 19.9 Å². The number of nitriles is 1. The summed E-state index contributed by atoms with van der Waals surface area (Å²) in [7, 11) is 0. The van der Waals surface area contributed by atoms with Crippen LogP contribution in [0.1, 0.15) is 25.0 Å². The van der Waals surface area contributed by atoms with E-state index < -0.39 is 33.7 Å². The van der Waals surface area contributed by atoms with Crippen molar-refractivity contribution in [2.45, 2.75) is 25.6 Å². The summed E-state index contributed by atoms with van der Waals surface area (Å²) in [5, 5.41) is 25.5. The summed E-state index contributed by atoms with van der Waals surface area (Å²) in [6.45, 7) is 2.79. The molecule has 0 radical (unpaired) electrons. The van der Waals surface area contributed by atoms with Crippen LogP contribution in [0.15, 0.2) is 30.6 Å². The highest BCUT2D eigenvalue weighted by atomic mass is 19.4. The molecule has 1 aromatic carbocycles. The Morgan fingerprint density at radius 3 is 2.54 bits per heavy atom. The molecular weight excluding hydrogens is 355 g/mol. The van der Waals surface area contributed by atoms with Gasteiger partial charge < -0.3 is 5.32 Å². The van der Waals surface area contributed by atoms with E-state index in [2.05, 4.69) is 10.4 Å². The molecule has 1 amide bonds. The molecule has 0 bridgehead atoms. The van der Waals surface area contributed by atoms with Crippen molar-refractivity contribution >= 4 is 17.3 Å². The summed E-state index contributed by atoms with van der Waals surface area (Å²) in [6.07, 6.45) is -2.76. The van der Waals surface area contributed by atoms with Gasteiger partial charge in [-0.2, -0.15) is 23.5 Å². The van der Waals surface area contributed by atoms with Crippen molar-refractivity contribution in [3.05, 3.63) is 51.8 Å². The number of nitrogens with one attached hydrogen (secondary N) is 1. The summed E-state index contributed by atoms with van der Waals surface area (Å²) in [4.78, 5) is 22.5. The average Bonchev–Trinajstić information content (AvgIpc) is 3.05. The molecule has 0 aliphatic carbocycles. The second-order valence-corrected chi connectivity index (χ2v) is 5.78. The number of benzene rings is 1. The van der Waals surface area contributed by atoms with Gasteiger partial charge in [-0.3, -0.25) is 19.6 Å². The van der Waals surface area contributed by atoms with Gasteiger partial charge in [0.1, 0.15) is 17.9 Å². The van der Waals surface area contributed by atoms with Crippen molar-refractivity contribution in [2.75, 3.05) is 5.32 Å². The van der Waals surface area contributed by atoms with Gasteiger partial charge in [-0.1, -0.05) is 0 Å². The highest BCUT2D eigenvalue weighted by Gasteiger charge is 2.35. The number of carbonyl (C=O) groups excluding carboxylic acids is 1. The fourth-order valence-electron chi connectivity index (χ4n) is 2.06. The van der Waals surface area contributed by atoms with E-state index in [1.807, 2.05) is 0 Å². The normalized spacial score (nSPS) is 11.7. The lowest BCUT2D eigenvalue weighted by Gasteiger charge is -2.24. The van der Waals surface area contributed by atoms with E-state index in [4.69, 9.17) is 5.26 Å². The minimum absolute atomic E-state index is 0.170. The second kappa shape index (κ2) is 6.47. The highest BCUT2D eigenvalue weighted by molar-refractivity contribution is 5.96. The first-order valence-electron chi connectivity index (χ1n) is 7.09. The van der Waals surface area contributed by atoms with Crippen LogP contribution in [0.4, 0.5) is 24.5 Å². The third kappa shape index (κ3) is 3.64. The Labute approximate surface area is 145 Å². The monoisotopic (exact) mass is 367 g/mol. The lowest BCUT2D eigenvalue weighted by atomic mass is 10.0. The predicted molar refractivity (Wildman–Crippen MR) is 83.0 cm³/mol. The molecule has 2 rings (SSSR count). The summed E-state index contributed by atoms with van der Waals surface area (Å²) < 4.78 is 40.0. The number of nitro groups is 1. The van der Waals surface area contributed by atoms with Gasteiger partial charge in [-0.15, -0.1) is 0 Å². The third-order valence-corrected chi connectivity index (χ3v) is 3.61. The van der Waals surface area contributed by atoms with Crippen molar-refractivity contribution in [1.29, 1.82) is 5.26 Å². The Bertz CT molecular complexity index is 912. The molecule has 0 fully saturated rings. The molecule has 0 spiro atoms. The predicted octanol–water partition coefficient (Wildman–Crippen LogP) is 3.06. The first kappa shape index (κ1) is 18.9. The summed E-state index contributed by atoms with van der Waals surface area (Å²) >= 11 is 0. The molecule has 1 aromatic heterocycles. The first-order chi connectivity index (χ1) is 12.0. The molecule has 1 N–H and O–H groups in total. The number of nitrogens with zero attached hydrogens (tertiary/aromatic N) is 4. The molecule has 26 heavy (non-hydrogen) atoms. The zero-order chi connectivity index (χ0) is 19.7. The van der Waals surface area contributed by atoms with Gasteiger partial charge >= 0.3 is 11.9 Å². The Balaban J connectivity index is 2.31. The van der Waals surface area contributed by atoms with Crippen LogP contribution in [0.5, 0.6) is 0 Å². The minimum Gasteiger partial charge on any atom is -0.324 e. The minimum atomic E-state index is -4.76. The summed E-state index contributed by atoms with van der Waals surface area (Å²) in [5.74, 6) is -0.742. The number of anilines is 1. The van der Waals surface area contributed by atoms with Crippen molar-refractivity contribution in [1.82, 2.24) is 9.78 Å². The molecule has 136 valence electrons. The smallest absolute Gasteiger partial charge is 0.324 e. The number of hydrogen-bond acceptors (Lipinski definition) is 5. The van der Waals surface area contributed by atoms with E-state index in [1.54, 1.807) is 0 Å². The van der Waals surface area contributed by atoms with E-state index in [-0.39, 0.29) is 11.4 Å². The van der Waals surface area contributed by atoms with Gasteiger partial charge in [0.15, 0.2) is 0 Å². The molecule has 0 saturated carbocycles. The Morgan fingerprint density at radius 1 is 1.38 bits per heavy atom. The topological polar surface area (TPSA) is 114 Å². The fourth-order valence-corrected chi connectivity index (χ4v) is 2.06. The lowest BCUT2D eigenvalue weighted by molar-refractivity contribution is -0.385. The molecule has 0 atom stereocenters. The first-order valence-corrected chi connectivity index (χ1v) is 7.09. The average molecular weight is 367 g/mol. The number of aromatic nitrogens is 2. The second-order valence-electron chi connectivity index (χ2n) is 5.78. The standard InChI is InChI=1S/C15H12F3N5O3/c1-14(2,22-8-11(7-20-22)23(25)26)13(24)21-10-4-3-9(6-19)12(5-10)15(16,17)18/h3-5,7-8H,1-2H3,(H,21,24). The quantitative estimate of drug-likeness (QED) is 0.659. The third-order valence-electron chi connectivity index (χ3n) is 3.61. The molecule has 0 aliphatic heterocycles. The van der Waals surface area contributed by atoms with Crippen LogP contribution in [-0.4, -0.2) is 20.6 Å². The number of carbonyl (C=O) groups is 1. The van der Waals surface area contributed by atoms with Gasteiger partial charge in [0.2, 0.25) is 0 Å². The van der Waals surface area contributed by atoms with E-state index >= 15 is 0 Å². The summed E-state index contributed by atoms with van der Waals surface area (Å²) in [6, 6.07) is 4.20. The maximum Gasteiger partial charge on any atom is 0.417 e. The molecule has 0 saturated heterocycles. The van der Waals surface area contributed by atoms with Crippen molar-refractivity contribution in [2.24, 2.45) is 0 Å². The Hall–Kier alpha value is -3.42. The van der Waals surface area contributed by atoms with Crippen LogP contribution in [0, 0.1) is 21.4 Å². The van der Waals surface area contributed by atoms with E-state index in [0.29, 0.717) is 6.07 Å². The number of hydrogen-bond donors (Lipinski definition) is 1. The van der Waals surface area contributed by atoms with Crippen molar-refractivity contribution < 1.29 is 22.9 Å². The molecule has 11 heteroatoms. The van der Waals surface area contributed by atoms with Crippen LogP contribution in [0.3, 0.4) is 0 Å². The Morgan fingerprint density at radius 2 is 2.04 bits per heavy atom. The van der Waals surface area contributed by atoms with Crippen LogP contribution in [0.2, 0.25) is 0 Å². The molecular formula is C15H12F3N5O3. The van der Waals surface area contributed by atoms with Gasteiger partial charge in [0, 0.05) is 5.69 Å². The number of rotatable bonds is 4. The van der Waals surface area contributed by atoms with Crippen LogP contribution >= 0.6 is 0 Å². The maximum atomic E-state index is 13.0. The molecule has 2 aromatic rings. The number of amides is 1.